The number of carbonyl (C=O) groups excluding carboxylic acids is 2. The van der Waals surface area contributed by atoms with Crippen molar-refractivity contribution in [2.75, 3.05) is 0 Å². The van der Waals surface area contributed by atoms with Crippen LogP contribution >= 0.6 is 0 Å². The van der Waals surface area contributed by atoms with Crippen LogP contribution in [0.4, 0.5) is 0 Å². The van der Waals surface area contributed by atoms with Crippen LogP contribution in [0.3, 0.4) is 0 Å². The summed E-state index contributed by atoms with van der Waals surface area (Å²) in [5.74, 6) is 0. The molecule has 0 unspecified atom stereocenters. The molecule has 3 heteroatoms. The zero-order valence-corrected chi connectivity index (χ0v) is 8.84. The quantitative estimate of drug-likeness (QED) is 0.628. The predicted octanol–water partition coefficient (Wildman–Crippen LogP) is 3.21. The molecule has 3 rings (SSSR count). The minimum Gasteiger partial charge on any atom is -0.456 e. The minimum absolute atomic E-state index is 0.594. The summed E-state index contributed by atoms with van der Waals surface area (Å²) in [5, 5.41) is 1.71. The van der Waals surface area contributed by atoms with Crippen molar-refractivity contribution in [3.63, 3.8) is 0 Å². The lowest BCUT2D eigenvalue weighted by Crippen LogP contribution is -1.79. The summed E-state index contributed by atoms with van der Waals surface area (Å²) in [4.78, 5) is 21.5. The highest BCUT2D eigenvalue weighted by molar-refractivity contribution is 6.07. The third kappa shape index (κ3) is 1.44. The average Bonchev–Trinajstić information content (AvgIpc) is 2.75. The zero-order chi connectivity index (χ0) is 11.8. The molecule has 0 fully saturated rings. The number of carbonyl (C=O) groups is 2. The lowest BCUT2D eigenvalue weighted by atomic mass is 10.1. The summed E-state index contributed by atoms with van der Waals surface area (Å²) < 4.78 is 5.62. The van der Waals surface area contributed by atoms with Gasteiger partial charge in [-0.05, 0) is 36.4 Å². The number of furan rings is 1. The van der Waals surface area contributed by atoms with Gasteiger partial charge >= 0.3 is 0 Å². The highest BCUT2D eigenvalue weighted by Gasteiger charge is 2.07. The first-order valence-corrected chi connectivity index (χ1v) is 5.18. The molecular formula is C14H8O3. The average molecular weight is 224 g/mol. The van der Waals surface area contributed by atoms with Crippen LogP contribution in [-0.2, 0) is 0 Å². The second-order valence-corrected chi connectivity index (χ2v) is 3.85. The summed E-state index contributed by atoms with van der Waals surface area (Å²) >= 11 is 0. The summed E-state index contributed by atoms with van der Waals surface area (Å²) in [7, 11) is 0. The first-order chi connectivity index (χ1) is 8.31. The first-order valence-electron chi connectivity index (χ1n) is 5.18. The second kappa shape index (κ2) is 3.56. The maximum Gasteiger partial charge on any atom is 0.150 e. The van der Waals surface area contributed by atoms with Gasteiger partial charge in [-0.3, -0.25) is 9.59 Å². The molecule has 0 saturated carbocycles. The van der Waals surface area contributed by atoms with Gasteiger partial charge in [-0.1, -0.05) is 0 Å². The molecule has 0 aliphatic rings. The Hall–Kier alpha value is -2.42. The van der Waals surface area contributed by atoms with E-state index in [1.807, 2.05) is 0 Å². The van der Waals surface area contributed by atoms with Crippen molar-refractivity contribution < 1.29 is 14.0 Å². The Balaban J connectivity index is 2.45. The van der Waals surface area contributed by atoms with Crippen molar-refractivity contribution in [3.05, 3.63) is 47.5 Å². The van der Waals surface area contributed by atoms with Crippen LogP contribution in [0.25, 0.3) is 21.9 Å². The maximum atomic E-state index is 10.7. The molecular weight excluding hydrogens is 216 g/mol. The molecule has 2 aromatic carbocycles. The van der Waals surface area contributed by atoms with Gasteiger partial charge in [0.2, 0.25) is 0 Å². The molecule has 3 aromatic rings. The fraction of sp³-hybridized carbons (Fsp3) is 0. The first kappa shape index (κ1) is 9.78. The topological polar surface area (TPSA) is 47.3 Å². The highest BCUT2D eigenvalue weighted by Crippen LogP contribution is 2.29. The smallest absolute Gasteiger partial charge is 0.150 e. The largest absolute Gasteiger partial charge is 0.456 e. The highest BCUT2D eigenvalue weighted by atomic mass is 16.3. The molecule has 17 heavy (non-hydrogen) atoms. The second-order valence-electron chi connectivity index (χ2n) is 3.85. The molecule has 0 radical (unpaired) electrons. The molecule has 1 aromatic heterocycles. The molecule has 82 valence electrons. The van der Waals surface area contributed by atoms with Crippen LogP contribution in [0, 0.1) is 0 Å². The van der Waals surface area contributed by atoms with E-state index in [1.54, 1.807) is 36.4 Å². The molecule has 0 bridgehead atoms. The number of rotatable bonds is 2. The molecule has 1 heterocycles. The van der Waals surface area contributed by atoms with Gasteiger partial charge in [-0.15, -0.1) is 0 Å². The van der Waals surface area contributed by atoms with E-state index in [-0.39, 0.29) is 0 Å². The van der Waals surface area contributed by atoms with Crippen molar-refractivity contribution in [2.45, 2.75) is 0 Å². The molecule has 0 atom stereocenters. The lowest BCUT2D eigenvalue weighted by molar-refractivity contribution is 0.111. The molecule has 0 amide bonds. The van der Waals surface area contributed by atoms with Crippen LogP contribution in [0.1, 0.15) is 20.7 Å². The van der Waals surface area contributed by atoms with Gasteiger partial charge in [0.25, 0.3) is 0 Å². The summed E-state index contributed by atoms with van der Waals surface area (Å²) in [5.41, 5.74) is 2.62. The van der Waals surface area contributed by atoms with Crippen LogP contribution in [-0.4, -0.2) is 12.6 Å². The van der Waals surface area contributed by atoms with Gasteiger partial charge in [0.15, 0.2) is 0 Å². The van der Waals surface area contributed by atoms with Crippen molar-refractivity contribution in [1.82, 2.24) is 0 Å². The molecule has 0 spiro atoms. The van der Waals surface area contributed by atoms with Gasteiger partial charge in [0, 0.05) is 21.9 Å². The fourth-order valence-corrected chi connectivity index (χ4v) is 1.96. The van der Waals surface area contributed by atoms with Crippen molar-refractivity contribution in [3.8, 4) is 0 Å². The van der Waals surface area contributed by atoms with Crippen LogP contribution in [0.5, 0.6) is 0 Å². The van der Waals surface area contributed by atoms with E-state index < -0.39 is 0 Å². The Labute approximate surface area is 96.6 Å². The van der Waals surface area contributed by atoms with Crippen molar-refractivity contribution in [1.29, 1.82) is 0 Å². The molecule has 0 aliphatic heterocycles. The number of benzene rings is 2. The van der Waals surface area contributed by atoms with E-state index in [2.05, 4.69) is 0 Å². The van der Waals surface area contributed by atoms with Crippen molar-refractivity contribution >= 4 is 34.5 Å². The third-order valence-electron chi connectivity index (χ3n) is 2.79. The standard InChI is InChI=1S/C14H8O3/c15-7-9-1-3-13-11(5-9)12-6-10(8-16)2-4-14(12)17-13/h1-8H. The van der Waals surface area contributed by atoms with Gasteiger partial charge in [0.1, 0.15) is 23.7 Å². The fourth-order valence-electron chi connectivity index (χ4n) is 1.96. The molecule has 0 aliphatic carbocycles. The zero-order valence-electron chi connectivity index (χ0n) is 8.84. The number of fused-ring (bicyclic) bond motifs is 3. The Kier molecular flexibility index (Phi) is 2.05. The normalized spacial score (nSPS) is 10.8. The summed E-state index contributed by atoms with van der Waals surface area (Å²) in [6.07, 6.45) is 1.59. The summed E-state index contributed by atoms with van der Waals surface area (Å²) in [6, 6.07) is 10.5. The number of aldehydes is 2. The van der Waals surface area contributed by atoms with Gasteiger partial charge in [0.05, 0.1) is 0 Å². The Morgan fingerprint density at radius 1 is 0.765 bits per heavy atom. The van der Waals surface area contributed by atoms with E-state index in [1.165, 1.54) is 0 Å². The molecule has 0 N–H and O–H groups in total. The van der Waals surface area contributed by atoms with E-state index in [0.29, 0.717) is 22.3 Å². The van der Waals surface area contributed by atoms with Crippen LogP contribution < -0.4 is 0 Å². The van der Waals surface area contributed by atoms with Crippen LogP contribution in [0.15, 0.2) is 40.8 Å². The third-order valence-corrected chi connectivity index (χ3v) is 2.79. The van der Waals surface area contributed by atoms with Crippen molar-refractivity contribution in [2.24, 2.45) is 0 Å². The minimum atomic E-state index is 0.594. The molecule has 0 saturated heterocycles. The maximum absolute atomic E-state index is 10.7. The number of hydrogen-bond donors (Lipinski definition) is 0. The lowest BCUT2D eigenvalue weighted by Gasteiger charge is -1.92. The van der Waals surface area contributed by atoms with E-state index in [0.717, 1.165) is 23.3 Å². The Morgan fingerprint density at radius 3 is 1.65 bits per heavy atom. The monoisotopic (exact) mass is 224 g/mol. The van der Waals surface area contributed by atoms with Gasteiger partial charge < -0.3 is 4.42 Å². The van der Waals surface area contributed by atoms with E-state index in [9.17, 15) is 9.59 Å². The van der Waals surface area contributed by atoms with Gasteiger partial charge in [-0.25, -0.2) is 0 Å². The van der Waals surface area contributed by atoms with Crippen LogP contribution in [0.2, 0.25) is 0 Å². The van der Waals surface area contributed by atoms with Gasteiger partial charge in [-0.2, -0.15) is 0 Å². The molecule has 3 nitrogen and oxygen atoms in total. The number of hydrogen-bond acceptors (Lipinski definition) is 3. The SMILES string of the molecule is O=Cc1ccc2oc3ccc(C=O)cc3c2c1. The predicted molar refractivity (Wildman–Crippen MR) is 64.5 cm³/mol. The Morgan fingerprint density at radius 2 is 1.24 bits per heavy atom. The van der Waals surface area contributed by atoms with E-state index in [4.69, 9.17) is 4.42 Å². The summed E-state index contributed by atoms with van der Waals surface area (Å²) in [6.45, 7) is 0. The Bertz CT molecular complexity index is 675. The van der Waals surface area contributed by atoms with E-state index >= 15 is 0 Å².